The van der Waals surface area contributed by atoms with Crippen LogP contribution in [0.5, 0.6) is 0 Å². The fraction of sp³-hybridized carbons (Fsp3) is 0.688. The van der Waals surface area contributed by atoms with Gasteiger partial charge in [-0.25, -0.2) is 4.98 Å². The van der Waals surface area contributed by atoms with E-state index < -0.39 is 0 Å². The molecule has 0 spiro atoms. The van der Waals surface area contributed by atoms with Crippen molar-refractivity contribution in [3.05, 3.63) is 23.9 Å². The van der Waals surface area contributed by atoms with Crippen molar-refractivity contribution in [3.8, 4) is 0 Å². The number of pyridine rings is 1. The Morgan fingerprint density at radius 1 is 1.35 bits per heavy atom. The highest BCUT2D eigenvalue weighted by Gasteiger charge is 2.34. The second-order valence-electron chi connectivity index (χ2n) is 5.76. The maximum Gasteiger partial charge on any atom is 0.128 e. The van der Waals surface area contributed by atoms with Gasteiger partial charge in [0, 0.05) is 19.3 Å². The van der Waals surface area contributed by atoms with Crippen LogP contribution in [0, 0.1) is 0 Å². The third-order valence-electron chi connectivity index (χ3n) is 4.41. The number of hydrogen-bond acceptors (Lipinski definition) is 4. The molecular weight excluding hydrogens is 250 g/mol. The normalized spacial score (nSPS) is 26.4. The van der Waals surface area contributed by atoms with Gasteiger partial charge in [0.15, 0.2) is 0 Å². The number of nitrogens with zero attached hydrogens (tertiary/aromatic N) is 2. The molecule has 0 amide bonds. The van der Waals surface area contributed by atoms with Crippen LogP contribution in [0.1, 0.15) is 38.2 Å². The van der Waals surface area contributed by atoms with E-state index in [-0.39, 0.29) is 0 Å². The zero-order valence-electron chi connectivity index (χ0n) is 12.3. The van der Waals surface area contributed by atoms with Crippen molar-refractivity contribution in [1.82, 2.24) is 10.3 Å². The number of nitrogens with one attached hydrogen (secondary N) is 1. The molecule has 2 unspecified atom stereocenters. The number of rotatable bonds is 4. The van der Waals surface area contributed by atoms with Crippen LogP contribution >= 0.6 is 0 Å². The van der Waals surface area contributed by atoms with Gasteiger partial charge in [-0.05, 0) is 31.0 Å². The number of ether oxygens (including phenoxy) is 1. The maximum absolute atomic E-state index is 5.93. The molecule has 2 heterocycles. The van der Waals surface area contributed by atoms with Crippen molar-refractivity contribution in [2.75, 3.05) is 24.6 Å². The summed E-state index contributed by atoms with van der Waals surface area (Å²) in [4.78, 5) is 7.14. The molecule has 110 valence electrons. The van der Waals surface area contributed by atoms with Gasteiger partial charge >= 0.3 is 0 Å². The maximum atomic E-state index is 5.93. The molecule has 2 aliphatic rings. The highest BCUT2D eigenvalue weighted by Crippen LogP contribution is 2.31. The summed E-state index contributed by atoms with van der Waals surface area (Å²) in [5, 5.41) is 3.34. The highest BCUT2D eigenvalue weighted by atomic mass is 16.5. The Bertz CT molecular complexity index is 418. The number of morpholine rings is 1. The molecule has 1 aliphatic heterocycles. The molecule has 1 saturated heterocycles. The van der Waals surface area contributed by atoms with Crippen molar-refractivity contribution >= 4 is 5.82 Å². The molecule has 4 heteroatoms. The summed E-state index contributed by atoms with van der Waals surface area (Å²) < 4.78 is 5.93. The first-order valence-electron chi connectivity index (χ1n) is 7.92. The zero-order chi connectivity index (χ0) is 13.8. The minimum Gasteiger partial charge on any atom is -0.374 e. The van der Waals surface area contributed by atoms with E-state index >= 15 is 0 Å². The molecule has 20 heavy (non-hydrogen) atoms. The van der Waals surface area contributed by atoms with Gasteiger partial charge in [0.25, 0.3) is 0 Å². The Kier molecular flexibility index (Phi) is 4.53. The summed E-state index contributed by atoms with van der Waals surface area (Å²) >= 11 is 0. The second kappa shape index (κ2) is 6.55. The Hall–Kier alpha value is -1.13. The van der Waals surface area contributed by atoms with Gasteiger partial charge in [0.2, 0.25) is 0 Å². The average Bonchev–Trinajstić information content (AvgIpc) is 2.53. The number of fused-ring (bicyclic) bond motifs is 1. The fourth-order valence-corrected chi connectivity index (χ4v) is 3.34. The van der Waals surface area contributed by atoms with Crippen molar-refractivity contribution < 1.29 is 4.74 Å². The predicted octanol–water partition coefficient (Wildman–Crippen LogP) is 2.34. The molecule has 0 bridgehead atoms. The second-order valence-corrected chi connectivity index (χ2v) is 5.76. The summed E-state index contributed by atoms with van der Waals surface area (Å²) in [6.45, 7) is 5.83. The molecule has 1 aromatic rings. The third kappa shape index (κ3) is 2.96. The van der Waals surface area contributed by atoms with Crippen LogP contribution in [0.25, 0.3) is 0 Å². The SMILES string of the molecule is CCNCc1ccc(N2CCOC3CCCCC32)nc1. The first kappa shape index (κ1) is 13.8. The summed E-state index contributed by atoms with van der Waals surface area (Å²) in [7, 11) is 0. The van der Waals surface area contributed by atoms with Gasteiger partial charge in [-0.1, -0.05) is 25.8 Å². The van der Waals surface area contributed by atoms with E-state index in [2.05, 4.69) is 34.3 Å². The molecule has 1 aliphatic carbocycles. The number of aromatic nitrogens is 1. The van der Waals surface area contributed by atoms with Crippen LogP contribution in [0.4, 0.5) is 5.82 Å². The van der Waals surface area contributed by atoms with E-state index in [1.54, 1.807) is 0 Å². The lowest BCUT2D eigenvalue weighted by molar-refractivity contribution is -0.00898. The molecule has 2 atom stereocenters. The molecule has 4 nitrogen and oxygen atoms in total. The standard InChI is InChI=1S/C16H25N3O/c1-2-17-11-13-7-8-16(18-12-13)19-9-10-20-15-6-4-3-5-14(15)19/h7-8,12,14-15,17H,2-6,9-11H2,1H3. The van der Waals surface area contributed by atoms with Crippen LogP contribution < -0.4 is 10.2 Å². The van der Waals surface area contributed by atoms with Crippen LogP contribution in [0.15, 0.2) is 18.3 Å². The Balaban J connectivity index is 1.70. The van der Waals surface area contributed by atoms with Crippen LogP contribution in [0.2, 0.25) is 0 Å². The van der Waals surface area contributed by atoms with Gasteiger partial charge in [0.05, 0.1) is 18.8 Å². The molecule has 1 saturated carbocycles. The van der Waals surface area contributed by atoms with Crippen LogP contribution in [-0.2, 0) is 11.3 Å². The van der Waals surface area contributed by atoms with E-state index in [4.69, 9.17) is 4.74 Å². The zero-order valence-corrected chi connectivity index (χ0v) is 12.3. The van der Waals surface area contributed by atoms with Crippen molar-refractivity contribution in [1.29, 1.82) is 0 Å². The first-order chi connectivity index (χ1) is 9.88. The van der Waals surface area contributed by atoms with Crippen LogP contribution in [0.3, 0.4) is 0 Å². The third-order valence-corrected chi connectivity index (χ3v) is 4.41. The molecule has 3 rings (SSSR count). The predicted molar refractivity (Wildman–Crippen MR) is 81.0 cm³/mol. The molecule has 0 aromatic carbocycles. The van der Waals surface area contributed by atoms with Gasteiger partial charge in [-0.15, -0.1) is 0 Å². The van der Waals surface area contributed by atoms with Gasteiger partial charge in [0.1, 0.15) is 5.82 Å². The Labute approximate surface area is 121 Å². The molecule has 2 fully saturated rings. The molecular formula is C16H25N3O. The molecule has 0 radical (unpaired) electrons. The van der Waals surface area contributed by atoms with Gasteiger partial charge in [-0.3, -0.25) is 0 Å². The minimum atomic E-state index is 0.417. The molecule has 1 aromatic heterocycles. The first-order valence-corrected chi connectivity index (χ1v) is 7.92. The summed E-state index contributed by atoms with van der Waals surface area (Å²) in [6.07, 6.45) is 7.50. The Morgan fingerprint density at radius 3 is 3.05 bits per heavy atom. The summed E-state index contributed by atoms with van der Waals surface area (Å²) in [6, 6.07) is 4.90. The fourth-order valence-electron chi connectivity index (χ4n) is 3.34. The molecule has 1 N–H and O–H groups in total. The van der Waals surface area contributed by atoms with Crippen molar-refractivity contribution in [3.63, 3.8) is 0 Å². The van der Waals surface area contributed by atoms with E-state index in [1.165, 1.54) is 31.2 Å². The van der Waals surface area contributed by atoms with Crippen molar-refractivity contribution in [2.24, 2.45) is 0 Å². The van der Waals surface area contributed by atoms with Crippen molar-refractivity contribution in [2.45, 2.75) is 51.3 Å². The largest absolute Gasteiger partial charge is 0.374 e. The number of anilines is 1. The van der Waals surface area contributed by atoms with E-state index in [9.17, 15) is 0 Å². The highest BCUT2D eigenvalue weighted by molar-refractivity contribution is 5.41. The lowest BCUT2D eigenvalue weighted by atomic mass is 9.90. The lowest BCUT2D eigenvalue weighted by Gasteiger charge is -2.44. The summed E-state index contributed by atoms with van der Waals surface area (Å²) in [5.41, 5.74) is 1.25. The smallest absolute Gasteiger partial charge is 0.128 e. The van der Waals surface area contributed by atoms with Gasteiger partial charge < -0.3 is 15.0 Å². The topological polar surface area (TPSA) is 37.4 Å². The van der Waals surface area contributed by atoms with E-state index in [0.29, 0.717) is 12.1 Å². The average molecular weight is 275 g/mol. The quantitative estimate of drug-likeness (QED) is 0.915. The number of hydrogen-bond donors (Lipinski definition) is 1. The van der Waals surface area contributed by atoms with E-state index in [1.807, 2.05) is 6.20 Å². The minimum absolute atomic E-state index is 0.417. The monoisotopic (exact) mass is 275 g/mol. The Morgan fingerprint density at radius 2 is 2.25 bits per heavy atom. The van der Waals surface area contributed by atoms with E-state index in [0.717, 1.165) is 32.1 Å². The summed E-state index contributed by atoms with van der Waals surface area (Å²) in [5.74, 6) is 1.12. The van der Waals surface area contributed by atoms with Crippen LogP contribution in [-0.4, -0.2) is 36.8 Å². The lowest BCUT2D eigenvalue weighted by Crippen LogP contribution is -2.53. The van der Waals surface area contributed by atoms with Gasteiger partial charge in [-0.2, -0.15) is 0 Å².